The van der Waals surface area contributed by atoms with Crippen LogP contribution in [-0.4, -0.2) is 37.6 Å². The van der Waals surface area contributed by atoms with Crippen LogP contribution in [0.3, 0.4) is 0 Å². The van der Waals surface area contributed by atoms with E-state index in [1.54, 1.807) is 0 Å². The lowest BCUT2D eigenvalue weighted by atomic mass is 10.0. The maximum absolute atomic E-state index is 12.3. The third-order valence-corrected chi connectivity index (χ3v) is 5.31. The van der Waals surface area contributed by atoms with E-state index in [2.05, 4.69) is 38.3 Å². The minimum Gasteiger partial charge on any atom is -0.483 e. The van der Waals surface area contributed by atoms with Crippen LogP contribution in [-0.2, 0) is 9.59 Å². The topological polar surface area (TPSA) is 76.7 Å². The Morgan fingerprint density at radius 1 is 0.758 bits per heavy atom. The molecule has 6 heteroatoms. The summed E-state index contributed by atoms with van der Waals surface area (Å²) < 4.78 is 11.5. The molecule has 0 saturated heterocycles. The van der Waals surface area contributed by atoms with Gasteiger partial charge >= 0.3 is 0 Å². The second-order valence-corrected chi connectivity index (χ2v) is 9.24. The van der Waals surface area contributed by atoms with E-state index >= 15 is 0 Å². The van der Waals surface area contributed by atoms with Gasteiger partial charge in [-0.3, -0.25) is 9.59 Å². The van der Waals surface area contributed by atoms with Crippen LogP contribution in [0, 0.1) is 13.8 Å². The Morgan fingerprint density at radius 2 is 1.21 bits per heavy atom. The van der Waals surface area contributed by atoms with E-state index in [0.717, 1.165) is 33.8 Å². The van der Waals surface area contributed by atoms with E-state index in [1.165, 1.54) is 0 Å². The predicted octanol–water partition coefficient (Wildman–Crippen LogP) is 4.63. The normalized spacial score (nSPS) is 11.9. The summed E-state index contributed by atoms with van der Waals surface area (Å²) in [5.74, 6) is 1.61. The lowest BCUT2D eigenvalue weighted by molar-refractivity contribution is -0.125. The average molecular weight is 455 g/mol. The predicted molar refractivity (Wildman–Crippen MR) is 132 cm³/mol. The molecule has 1 atom stereocenters. The van der Waals surface area contributed by atoms with Gasteiger partial charge in [-0.15, -0.1) is 0 Å². The zero-order valence-corrected chi connectivity index (χ0v) is 21.0. The summed E-state index contributed by atoms with van der Waals surface area (Å²) in [5, 5.41) is 5.66. The van der Waals surface area contributed by atoms with Crippen molar-refractivity contribution in [3.63, 3.8) is 0 Å². The highest BCUT2D eigenvalue weighted by Crippen LogP contribution is 2.28. The van der Waals surface area contributed by atoms with Crippen LogP contribution < -0.4 is 20.1 Å². The molecular formula is C27H38N2O4. The molecule has 2 amide bonds. The van der Waals surface area contributed by atoms with Crippen molar-refractivity contribution >= 4 is 11.8 Å². The Labute approximate surface area is 198 Å². The molecule has 0 spiro atoms. The highest BCUT2D eigenvalue weighted by atomic mass is 16.5. The number of carbonyl (C=O) groups is 2. The molecule has 0 saturated carbocycles. The van der Waals surface area contributed by atoms with Crippen molar-refractivity contribution in [3.05, 3.63) is 58.7 Å². The number of rotatable bonds is 11. The maximum Gasteiger partial charge on any atom is 0.258 e. The van der Waals surface area contributed by atoms with Crippen LogP contribution in [0.4, 0.5) is 0 Å². The van der Waals surface area contributed by atoms with Crippen LogP contribution in [0.5, 0.6) is 11.5 Å². The van der Waals surface area contributed by atoms with Crippen LogP contribution in [0.1, 0.15) is 68.7 Å². The minimum atomic E-state index is -0.239. The monoisotopic (exact) mass is 454 g/mol. The second-order valence-electron chi connectivity index (χ2n) is 9.24. The number of hydrogen-bond donors (Lipinski definition) is 2. The van der Waals surface area contributed by atoms with Gasteiger partial charge in [-0.05, 0) is 67.0 Å². The van der Waals surface area contributed by atoms with E-state index in [9.17, 15) is 9.59 Å². The van der Waals surface area contributed by atoms with Crippen molar-refractivity contribution < 1.29 is 19.1 Å². The van der Waals surface area contributed by atoms with Gasteiger partial charge in [0, 0.05) is 12.6 Å². The fourth-order valence-electron chi connectivity index (χ4n) is 3.46. The van der Waals surface area contributed by atoms with Gasteiger partial charge in [-0.1, -0.05) is 52.0 Å². The molecule has 2 aromatic rings. The Morgan fingerprint density at radius 3 is 1.67 bits per heavy atom. The molecule has 0 heterocycles. The molecule has 0 aliphatic rings. The van der Waals surface area contributed by atoms with E-state index in [0.29, 0.717) is 18.4 Å². The summed E-state index contributed by atoms with van der Waals surface area (Å²) in [6.07, 6.45) is 0. The Bertz CT molecular complexity index is 953. The molecule has 0 radical (unpaired) electrons. The molecule has 6 nitrogen and oxygen atoms in total. The third kappa shape index (κ3) is 8.44. The van der Waals surface area contributed by atoms with Crippen LogP contribution in [0.15, 0.2) is 36.4 Å². The number of aryl methyl sites for hydroxylation is 2. The maximum atomic E-state index is 12.3. The molecule has 2 rings (SSSR count). The molecular weight excluding hydrogens is 416 g/mol. The minimum absolute atomic E-state index is 0.0711. The number of nitrogens with one attached hydrogen (secondary N) is 2. The first-order valence-corrected chi connectivity index (χ1v) is 11.6. The molecule has 0 bridgehead atoms. The summed E-state index contributed by atoms with van der Waals surface area (Å²) in [7, 11) is 0. The van der Waals surface area contributed by atoms with Gasteiger partial charge in [0.2, 0.25) is 0 Å². The highest BCUT2D eigenvalue weighted by Gasteiger charge is 2.14. The largest absolute Gasteiger partial charge is 0.483 e. The fourth-order valence-corrected chi connectivity index (χ4v) is 3.46. The Balaban J connectivity index is 1.77. The quantitative estimate of drug-likeness (QED) is 0.519. The van der Waals surface area contributed by atoms with Crippen molar-refractivity contribution in [2.45, 2.75) is 66.3 Å². The smallest absolute Gasteiger partial charge is 0.258 e. The highest BCUT2D eigenvalue weighted by molar-refractivity contribution is 5.79. The first-order valence-electron chi connectivity index (χ1n) is 11.6. The number of carbonyl (C=O) groups excluding carboxylic acids is 2. The van der Waals surface area contributed by atoms with Crippen molar-refractivity contribution in [2.24, 2.45) is 0 Å². The molecule has 180 valence electrons. The Kier molecular flexibility index (Phi) is 9.76. The summed E-state index contributed by atoms with van der Waals surface area (Å²) in [5.41, 5.74) is 4.31. The molecule has 33 heavy (non-hydrogen) atoms. The number of hydrogen-bond acceptors (Lipinski definition) is 4. The molecule has 0 aliphatic heterocycles. The molecule has 2 aromatic carbocycles. The van der Waals surface area contributed by atoms with E-state index in [1.807, 2.05) is 57.2 Å². The first kappa shape index (κ1) is 26.2. The molecule has 0 aromatic heterocycles. The summed E-state index contributed by atoms with van der Waals surface area (Å²) >= 11 is 0. The van der Waals surface area contributed by atoms with Crippen molar-refractivity contribution in [2.75, 3.05) is 19.8 Å². The van der Waals surface area contributed by atoms with E-state index in [4.69, 9.17) is 9.47 Å². The molecule has 2 N–H and O–H groups in total. The standard InChI is InChI=1S/C27H38N2O4/c1-17(2)22-10-8-19(5)12-24(22)32-15-26(30)28-14-21(7)29-27(31)16-33-25-13-20(6)9-11-23(25)18(3)4/h8-13,17-18,21H,14-16H2,1-7H3,(H,28,30)(H,29,31). The molecule has 0 fully saturated rings. The summed E-state index contributed by atoms with van der Waals surface area (Å²) in [6, 6.07) is 11.8. The van der Waals surface area contributed by atoms with Crippen molar-refractivity contribution in [1.82, 2.24) is 10.6 Å². The summed E-state index contributed by atoms with van der Waals surface area (Å²) in [6.45, 7) is 14.4. The van der Waals surface area contributed by atoms with Gasteiger partial charge in [0.15, 0.2) is 13.2 Å². The lowest BCUT2D eigenvalue weighted by Gasteiger charge is -2.18. The average Bonchev–Trinajstić information content (AvgIpc) is 2.74. The Hall–Kier alpha value is -3.02. The van der Waals surface area contributed by atoms with Crippen LogP contribution >= 0.6 is 0 Å². The number of benzene rings is 2. The SMILES string of the molecule is Cc1ccc(C(C)C)c(OCC(=O)NCC(C)NC(=O)COc2cc(C)ccc2C(C)C)c1. The van der Waals surface area contributed by atoms with Gasteiger partial charge in [-0.25, -0.2) is 0 Å². The molecule has 0 aliphatic carbocycles. The van der Waals surface area contributed by atoms with Crippen molar-refractivity contribution in [1.29, 1.82) is 0 Å². The van der Waals surface area contributed by atoms with Gasteiger partial charge in [0.1, 0.15) is 11.5 Å². The van der Waals surface area contributed by atoms with Crippen LogP contribution in [0.2, 0.25) is 0 Å². The van der Waals surface area contributed by atoms with Gasteiger partial charge < -0.3 is 20.1 Å². The zero-order valence-electron chi connectivity index (χ0n) is 21.0. The van der Waals surface area contributed by atoms with E-state index < -0.39 is 0 Å². The van der Waals surface area contributed by atoms with Crippen molar-refractivity contribution in [3.8, 4) is 11.5 Å². The number of ether oxygens (including phenoxy) is 2. The van der Waals surface area contributed by atoms with Crippen LogP contribution in [0.25, 0.3) is 0 Å². The van der Waals surface area contributed by atoms with E-state index in [-0.39, 0.29) is 31.1 Å². The van der Waals surface area contributed by atoms with Gasteiger partial charge in [0.25, 0.3) is 11.8 Å². The lowest BCUT2D eigenvalue weighted by Crippen LogP contribution is -2.44. The van der Waals surface area contributed by atoms with Gasteiger partial charge in [-0.2, -0.15) is 0 Å². The summed E-state index contributed by atoms with van der Waals surface area (Å²) in [4.78, 5) is 24.6. The van der Waals surface area contributed by atoms with Gasteiger partial charge in [0.05, 0.1) is 0 Å². The second kappa shape index (κ2) is 12.3. The third-order valence-electron chi connectivity index (χ3n) is 5.31. The zero-order chi connectivity index (χ0) is 24.5. The first-order chi connectivity index (χ1) is 15.6. The molecule has 1 unspecified atom stereocenters. The number of amides is 2. The fraction of sp³-hybridized carbons (Fsp3) is 0.481.